The number of aromatic amines is 1. The lowest BCUT2D eigenvalue weighted by Crippen LogP contribution is -2.15. The number of carbonyl (C=O) groups excluding carboxylic acids is 1. The van der Waals surface area contributed by atoms with Crippen LogP contribution in [-0.4, -0.2) is 21.6 Å². The third-order valence-corrected chi connectivity index (χ3v) is 4.26. The highest BCUT2D eigenvalue weighted by atomic mass is 32.2. The summed E-state index contributed by atoms with van der Waals surface area (Å²) in [4.78, 5) is 29.8. The molecule has 0 aliphatic heterocycles. The summed E-state index contributed by atoms with van der Waals surface area (Å²) in [7, 11) is 0. The van der Waals surface area contributed by atoms with Crippen molar-refractivity contribution < 1.29 is 4.79 Å². The number of hydrogen-bond acceptors (Lipinski definition) is 5. The molecule has 0 aliphatic carbocycles. The number of H-pyrrole nitrogens is 1. The summed E-state index contributed by atoms with van der Waals surface area (Å²) in [6, 6.07) is 9.09. The lowest BCUT2D eigenvalue weighted by molar-refractivity contribution is -0.113. The van der Waals surface area contributed by atoms with Gasteiger partial charge in [-0.3, -0.25) is 9.59 Å². The average molecular weight is 346 g/mol. The molecule has 0 saturated carbocycles. The Balaban J connectivity index is 1.82. The van der Waals surface area contributed by atoms with Gasteiger partial charge in [-0.1, -0.05) is 43.7 Å². The smallest absolute Gasteiger partial charge is 0.253 e. The van der Waals surface area contributed by atoms with E-state index in [4.69, 9.17) is 5.73 Å². The first-order valence-corrected chi connectivity index (χ1v) is 8.94. The zero-order chi connectivity index (χ0) is 17.4. The van der Waals surface area contributed by atoms with E-state index in [1.54, 1.807) is 0 Å². The molecule has 128 valence electrons. The van der Waals surface area contributed by atoms with E-state index < -0.39 is 0 Å². The highest BCUT2D eigenvalue weighted by Gasteiger charge is 2.06. The van der Waals surface area contributed by atoms with Crippen molar-refractivity contribution in [2.75, 3.05) is 16.8 Å². The second-order valence-corrected chi connectivity index (χ2v) is 6.43. The fraction of sp³-hybridized carbons (Fsp3) is 0.353. The summed E-state index contributed by atoms with van der Waals surface area (Å²) in [5.41, 5.74) is 7.21. The van der Waals surface area contributed by atoms with Gasteiger partial charge < -0.3 is 16.0 Å². The van der Waals surface area contributed by atoms with Gasteiger partial charge in [0, 0.05) is 11.8 Å². The van der Waals surface area contributed by atoms with Gasteiger partial charge in [0.15, 0.2) is 5.16 Å². The Morgan fingerprint density at radius 2 is 2.04 bits per heavy atom. The Labute approximate surface area is 145 Å². The number of nitrogens with zero attached hydrogens (tertiary/aromatic N) is 1. The first-order valence-electron chi connectivity index (χ1n) is 7.95. The monoisotopic (exact) mass is 346 g/mol. The standard InChI is InChI=1S/C17H22N4O2S/c1-2-3-4-5-12-6-8-13(9-7-12)19-16(23)11-24-17-20-14(18)10-15(22)21-17/h6-10H,2-5,11H2,1H3,(H,19,23)(H3,18,20,21,22). The summed E-state index contributed by atoms with van der Waals surface area (Å²) in [6.45, 7) is 2.19. The molecule has 7 heteroatoms. The number of rotatable bonds is 8. The molecule has 0 bridgehead atoms. The van der Waals surface area contributed by atoms with Crippen LogP contribution in [0.1, 0.15) is 31.7 Å². The molecular weight excluding hydrogens is 324 g/mol. The van der Waals surface area contributed by atoms with Crippen LogP contribution < -0.4 is 16.6 Å². The molecule has 24 heavy (non-hydrogen) atoms. The van der Waals surface area contributed by atoms with Gasteiger partial charge in [0.25, 0.3) is 5.56 Å². The highest BCUT2D eigenvalue weighted by Crippen LogP contribution is 2.15. The first kappa shape index (κ1) is 18.1. The fourth-order valence-electron chi connectivity index (χ4n) is 2.19. The molecule has 6 nitrogen and oxygen atoms in total. The van der Waals surface area contributed by atoms with E-state index in [1.165, 1.54) is 30.9 Å². The Morgan fingerprint density at radius 1 is 1.29 bits per heavy atom. The van der Waals surface area contributed by atoms with Crippen LogP contribution in [0.3, 0.4) is 0 Å². The molecule has 0 spiro atoms. The number of nitrogens with one attached hydrogen (secondary N) is 2. The maximum Gasteiger partial charge on any atom is 0.253 e. The van der Waals surface area contributed by atoms with Crippen molar-refractivity contribution in [1.29, 1.82) is 0 Å². The number of amides is 1. The van der Waals surface area contributed by atoms with Crippen LogP contribution in [-0.2, 0) is 11.2 Å². The van der Waals surface area contributed by atoms with Gasteiger partial charge in [-0.15, -0.1) is 0 Å². The quantitative estimate of drug-likeness (QED) is 0.388. The third-order valence-electron chi connectivity index (χ3n) is 3.39. The third kappa shape index (κ3) is 6.08. The molecule has 0 unspecified atom stereocenters. The van der Waals surface area contributed by atoms with E-state index in [2.05, 4.69) is 22.2 Å². The molecule has 1 amide bonds. The van der Waals surface area contributed by atoms with Crippen molar-refractivity contribution in [2.45, 2.75) is 37.8 Å². The fourth-order valence-corrected chi connectivity index (χ4v) is 2.87. The van der Waals surface area contributed by atoms with Gasteiger partial charge in [0.05, 0.1) is 5.75 Å². The summed E-state index contributed by atoms with van der Waals surface area (Å²) in [5.74, 6) is 0.120. The zero-order valence-corrected chi connectivity index (χ0v) is 14.5. The van der Waals surface area contributed by atoms with Crippen LogP contribution in [0.5, 0.6) is 0 Å². The molecule has 2 aromatic rings. The number of thioether (sulfide) groups is 1. The molecule has 1 heterocycles. The number of aryl methyl sites for hydroxylation is 1. The Hall–Kier alpha value is -2.28. The minimum Gasteiger partial charge on any atom is -0.383 e. The number of anilines is 2. The molecule has 0 saturated heterocycles. The summed E-state index contributed by atoms with van der Waals surface area (Å²) >= 11 is 1.13. The van der Waals surface area contributed by atoms with Crippen molar-refractivity contribution in [3.05, 3.63) is 46.2 Å². The normalized spacial score (nSPS) is 10.5. The van der Waals surface area contributed by atoms with Gasteiger partial charge >= 0.3 is 0 Å². The predicted molar refractivity (Wildman–Crippen MR) is 98.3 cm³/mol. The molecule has 1 aromatic heterocycles. The van der Waals surface area contributed by atoms with E-state index in [0.717, 1.165) is 23.9 Å². The van der Waals surface area contributed by atoms with Gasteiger partial charge in [-0.25, -0.2) is 4.98 Å². The lowest BCUT2D eigenvalue weighted by atomic mass is 10.1. The number of nitrogen functional groups attached to an aromatic ring is 1. The second kappa shape index (κ2) is 9.12. The summed E-state index contributed by atoms with van der Waals surface area (Å²) < 4.78 is 0. The number of unbranched alkanes of at least 4 members (excludes halogenated alkanes) is 2. The molecule has 0 fully saturated rings. The number of carbonyl (C=O) groups is 1. The van der Waals surface area contributed by atoms with Crippen LogP contribution in [0.2, 0.25) is 0 Å². The van der Waals surface area contributed by atoms with Crippen LogP contribution in [0, 0.1) is 0 Å². The average Bonchev–Trinajstić information content (AvgIpc) is 2.54. The predicted octanol–water partition coefficient (Wildman–Crippen LogP) is 2.82. The SMILES string of the molecule is CCCCCc1ccc(NC(=O)CSc2nc(N)cc(=O)[nH]2)cc1. The van der Waals surface area contributed by atoms with Gasteiger partial charge in [-0.05, 0) is 30.5 Å². The largest absolute Gasteiger partial charge is 0.383 e. The van der Waals surface area contributed by atoms with Crippen molar-refractivity contribution in [1.82, 2.24) is 9.97 Å². The number of hydrogen-bond donors (Lipinski definition) is 3. The van der Waals surface area contributed by atoms with E-state index in [0.29, 0.717) is 5.16 Å². The van der Waals surface area contributed by atoms with Crippen molar-refractivity contribution >= 4 is 29.2 Å². The number of nitrogens with two attached hydrogens (primary N) is 1. The van der Waals surface area contributed by atoms with E-state index in [9.17, 15) is 9.59 Å². The van der Waals surface area contributed by atoms with Gasteiger partial charge in [0.1, 0.15) is 5.82 Å². The van der Waals surface area contributed by atoms with Crippen molar-refractivity contribution in [3.63, 3.8) is 0 Å². The minimum atomic E-state index is -0.330. The van der Waals surface area contributed by atoms with Gasteiger partial charge in [0.2, 0.25) is 5.91 Å². The number of benzene rings is 1. The Bertz CT molecular complexity index is 728. The van der Waals surface area contributed by atoms with Crippen LogP contribution in [0.4, 0.5) is 11.5 Å². The van der Waals surface area contributed by atoms with Crippen LogP contribution in [0.15, 0.2) is 40.3 Å². The molecular formula is C17H22N4O2S. The van der Waals surface area contributed by atoms with E-state index in [1.807, 2.05) is 24.3 Å². The highest BCUT2D eigenvalue weighted by molar-refractivity contribution is 7.99. The van der Waals surface area contributed by atoms with Gasteiger partial charge in [-0.2, -0.15) is 0 Å². The number of aromatic nitrogens is 2. The molecule has 0 atom stereocenters. The molecule has 0 radical (unpaired) electrons. The van der Waals surface area contributed by atoms with Crippen molar-refractivity contribution in [3.8, 4) is 0 Å². The summed E-state index contributed by atoms with van der Waals surface area (Å²) in [6.07, 6.45) is 4.69. The Kier molecular flexibility index (Phi) is 6.87. The van der Waals surface area contributed by atoms with E-state index in [-0.39, 0.29) is 23.0 Å². The van der Waals surface area contributed by atoms with E-state index >= 15 is 0 Å². The van der Waals surface area contributed by atoms with Crippen LogP contribution in [0.25, 0.3) is 0 Å². The topological polar surface area (TPSA) is 101 Å². The van der Waals surface area contributed by atoms with Crippen LogP contribution >= 0.6 is 11.8 Å². The lowest BCUT2D eigenvalue weighted by Gasteiger charge is -2.06. The molecule has 4 N–H and O–H groups in total. The molecule has 1 aromatic carbocycles. The Morgan fingerprint density at radius 3 is 2.71 bits per heavy atom. The zero-order valence-electron chi connectivity index (χ0n) is 13.7. The summed E-state index contributed by atoms with van der Waals surface area (Å²) in [5, 5.41) is 3.16. The molecule has 0 aliphatic rings. The maximum absolute atomic E-state index is 12.0. The maximum atomic E-state index is 12.0. The first-order chi connectivity index (χ1) is 11.6. The minimum absolute atomic E-state index is 0.139. The molecule has 2 rings (SSSR count). The second-order valence-electron chi connectivity index (χ2n) is 5.47. The van der Waals surface area contributed by atoms with Crippen molar-refractivity contribution in [2.24, 2.45) is 0 Å².